The normalized spacial score (nSPS) is 14.5. The number of anilines is 1. The van der Waals surface area contributed by atoms with Gasteiger partial charge >= 0.3 is 5.97 Å². The van der Waals surface area contributed by atoms with E-state index in [9.17, 15) is 9.18 Å². The molecule has 28 heavy (non-hydrogen) atoms. The zero-order chi connectivity index (χ0) is 19.7. The minimum atomic E-state index is -0.394. The minimum Gasteiger partial charge on any atom is -0.496 e. The van der Waals surface area contributed by atoms with Crippen LogP contribution in [0.2, 0.25) is 0 Å². The summed E-state index contributed by atoms with van der Waals surface area (Å²) in [6, 6.07) is 5.03. The number of halogens is 1. The van der Waals surface area contributed by atoms with Crippen molar-refractivity contribution in [3.8, 4) is 17.0 Å². The number of methoxy groups -OCH3 is 2. The van der Waals surface area contributed by atoms with E-state index in [1.54, 1.807) is 12.1 Å². The van der Waals surface area contributed by atoms with Gasteiger partial charge in [0.1, 0.15) is 23.1 Å². The predicted molar refractivity (Wildman–Crippen MR) is 107 cm³/mol. The molecule has 0 atom stereocenters. The maximum absolute atomic E-state index is 14.8. The average Bonchev–Trinajstić information content (AvgIpc) is 3.41. The van der Waals surface area contributed by atoms with Gasteiger partial charge in [0.2, 0.25) is 0 Å². The molecule has 4 rings (SSSR count). The van der Waals surface area contributed by atoms with Gasteiger partial charge in [0, 0.05) is 17.1 Å². The molecule has 0 bridgehead atoms. The summed E-state index contributed by atoms with van der Waals surface area (Å²) in [5, 5.41) is 5.45. The molecule has 148 valence electrons. The molecule has 0 amide bonds. The molecule has 1 aliphatic rings. The van der Waals surface area contributed by atoms with Crippen molar-refractivity contribution in [2.24, 2.45) is 0 Å². The summed E-state index contributed by atoms with van der Waals surface area (Å²) >= 11 is 1.41. The molecule has 1 aromatic carbocycles. The first kappa shape index (κ1) is 18.7. The van der Waals surface area contributed by atoms with Crippen LogP contribution in [-0.2, 0) is 16.0 Å². The molecular weight excluding hydrogens is 381 g/mol. The van der Waals surface area contributed by atoms with E-state index in [0.29, 0.717) is 33.8 Å². The van der Waals surface area contributed by atoms with Gasteiger partial charge in [-0.3, -0.25) is 9.20 Å². The van der Waals surface area contributed by atoms with Gasteiger partial charge in [-0.05, 0) is 25.0 Å². The molecule has 6 nitrogen and oxygen atoms in total. The van der Waals surface area contributed by atoms with Crippen LogP contribution in [-0.4, -0.2) is 35.6 Å². The molecule has 0 radical (unpaired) electrons. The Labute approximate surface area is 166 Å². The first-order valence-corrected chi connectivity index (χ1v) is 10.2. The number of aromatic nitrogens is 2. The fourth-order valence-electron chi connectivity index (χ4n) is 3.73. The Balaban J connectivity index is 1.89. The van der Waals surface area contributed by atoms with Gasteiger partial charge in [-0.25, -0.2) is 9.37 Å². The minimum absolute atomic E-state index is 0.125. The Morgan fingerprint density at radius 3 is 2.86 bits per heavy atom. The molecule has 3 aromatic rings. The molecule has 2 heterocycles. The average molecular weight is 403 g/mol. The number of carbonyl (C=O) groups is 1. The van der Waals surface area contributed by atoms with Crippen LogP contribution in [0.5, 0.6) is 5.75 Å². The third-order valence-corrected chi connectivity index (χ3v) is 5.99. The highest BCUT2D eigenvalue weighted by Crippen LogP contribution is 2.40. The number of thiazole rings is 1. The number of hydrogen-bond acceptors (Lipinski definition) is 6. The Morgan fingerprint density at radius 1 is 1.36 bits per heavy atom. The second kappa shape index (κ2) is 7.79. The summed E-state index contributed by atoms with van der Waals surface area (Å²) in [5.41, 5.74) is 1.59. The number of esters is 1. The third-order valence-electron chi connectivity index (χ3n) is 5.12. The SMILES string of the molecule is COC(=O)Cc1csc2nc(-c3c(F)cccc3OC)c(NC3CCCC3)n12. The zero-order valence-electron chi connectivity index (χ0n) is 15.8. The van der Waals surface area contributed by atoms with Gasteiger partial charge in [0.25, 0.3) is 0 Å². The quantitative estimate of drug-likeness (QED) is 0.623. The molecule has 0 spiro atoms. The first-order valence-electron chi connectivity index (χ1n) is 9.27. The topological polar surface area (TPSA) is 64.9 Å². The standard InChI is InChI=1S/C20H22FN3O3S/c1-26-15-9-5-8-14(21)17(15)18-19(22-12-6-3-4-7-12)24-13(10-16(25)27-2)11-28-20(24)23-18/h5,8-9,11-12,22H,3-4,6-7,10H2,1-2H3. The van der Waals surface area contributed by atoms with Crippen molar-refractivity contribution in [3.63, 3.8) is 0 Å². The van der Waals surface area contributed by atoms with Crippen LogP contribution in [0.4, 0.5) is 10.2 Å². The lowest BCUT2D eigenvalue weighted by Gasteiger charge is -2.16. The lowest BCUT2D eigenvalue weighted by Crippen LogP contribution is -2.17. The van der Waals surface area contributed by atoms with Crippen LogP contribution >= 0.6 is 11.3 Å². The van der Waals surface area contributed by atoms with Gasteiger partial charge < -0.3 is 14.8 Å². The molecule has 2 aromatic heterocycles. The molecule has 1 fully saturated rings. The number of nitrogens with one attached hydrogen (secondary N) is 1. The molecule has 1 N–H and O–H groups in total. The summed E-state index contributed by atoms with van der Waals surface area (Å²) in [5.74, 6) is 0.402. The van der Waals surface area contributed by atoms with E-state index in [4.69, 9.17) is 14.5 Å². The van der Waals surface area contributed by atoms with Crippen LogP contribution in [0.15, 0.2) is 23.6 Å². The molecule has 8 heteroatoms. The highest BCUT2D eigenvalue weighted by molar-refractivity contribution is 7.15. The second-order valence-electron chi connectivity index (χ2n) is 6.85. The Kier molecular flexibility index (Phi) is 5.21. The molecule has 1 aliphatic carbocycles. The first-order chi connectivity index (χ1) is 13.6. The third kappa shape index (κ3) is 3.32. The van der Waals surface area contributed by atoms with Gasteiger partial charge in [0.15, 0.2) is 4.96 Å². The van der Waals surface area contributed by atoms with Crippen LogP contribution in [0.1, 0.15) is 31.4 Å². The maximum atomic E-state index is 14.8. The molecule has 0 unspecified atom stereocenters. The van der Waals surface area contributed by atoms with Gasteiger partial charge in [-0.2, -0.15) is 0 Å². The van der Waals surface area contributed by atoms with E-state index in [2.05, 4.69) is 5.32 Å². The number of fused-ring (bicyclic) bond motifs is 1. The van der Waals surface area contributed by atoms with Gasteiger partial charge in [-0.15, -0.1) is 11.3 Å². The maximum Gasteiger partial charge on any atom is 0.311 e. The summed E-state index contributed by atoms with van der Waals surface area (Å²) in [6.07, 6.45) is 4.56. The highest BCUT2D eigenvalue weighted by atomic mass is 32.1. The second-order valence-corrected chi connectivity index (χ2v) is 7.69. The Bertz CT molecular complexity index is 1010. The van der Waals surface area contributed by atoms with Crippen LogP contribution in [0.3, 0.4) is 0 Å². The van der Waals surface area contributed by atoms with E-state index in [0.717, 1.165) is 31.4 Å². The van der Waals surface area contributed by atoms with E-state index in [1.807, 2.05) is 9.78 Å². The van der Waals surface area contributed by atoms with Gasteiger partial charge in [-0.1, -0.05) is 18.9 Å². The van der Waals surface area contributed by atoms with Crippen LogP contribution < -0.4 is 10.1 Å². The number of nitrogens with zero attached hydrogens (tertiary/aromatic N) is 2. The van der Waals surface area contributed by atoms with E-state index in [1.165, 1.54) is 31.6 Å². The predicted octanol–water partition coefficient (Wildman–Crippen LogP) is 4.28. The van der Waals surface area contributed by atoms with Crippen molar-refractivity contribution in [2.75, 3.05) is 19.5 Å². The van der Waals surface area contributed by atoms with Crippen molar-refractivity contribution in [1.29, 1.82) is 0 Å². The highest BCUT2D eigenvalue weighted by Gasteiger charge is 2.26. The Hall–Kier alpha value is -2.61. The summed E-state index contributed by atoms with van der Waals surface area (Å²) in [7, 11) is 2.89. The molecule has 0 saturated heterocycles. The monoisotopic (exact) mass is 403 g/mol. The van der Waals surface area contributed by atoms with Crippen molar-refractivity contribution in [2.45, 2.75) is 38.1 Å². The number of carbonyl (C=O) groups excluding carboxylic acids is 1. The largest absolute Gasteiger partial charge is 0.496 e. The molecular formula is C20H22FN3O3S. The van der Waals surface area contributed by atoms with Crippen LogP contribution in [0.25, 0.3) is 16.2 Å². The smallest absolute Gasteiger partial charge is 0.311 e. The fourth-order valence-corrected chi connectivity index (χ4v) is 4.62. The van der Waals surface area contributed by atoms with Crippen molar-refractivity contribution in [3.05, 3.63) is 35.1 Å². The number of rotatable bonds is 6. The fraction of sp³-hybridized carbons (Fsp3) is 0.400. The van der Waals surface area contributed by atoms with Crippen molar-refractivity contribution >= 4 is 28.1 Å². The van der Waals surface area contributed by atoms with Crippen molar-refractivity contribution < 1.29 is 18.7 Å². The molecule has 1 saturated carbocycles. The zero-order valence-corrected chi connectivity index (χ0v) is 16.6. The van der Waals surface area contributed by atoms with Crippen LogP contribution in [0, 0.1) is 5.82 Å². The van der Waals surface area contributed by atoms with Crippen molar-refractivity contribution in [1.82, 2.24) is 9.38 Å². The number of benzene rings is 1. The summed E-state index contributed by atoms with van der Waals surface area (Å²) in [4.78, 5) is 17.2. The lowest BCUT2D eigenvalue weighted by molar-refractivity contribution is -0.139. The molecule has 0 aliphatic heterocycles. The van der Waals surface area contributed by atoms with E-state index in [-0.39, 0.29) is 12.4 Å². The number of imidazole rings is 1. The number of hydrogen-bond donors (Lipinski definition) is 1. The van der Waals surface area contributed by atoms with Gasteiger partial charge in [0.05, 0.1) is 26.2 Å². The number of ether oxygens (including phenoxy) is 2. The lowest BCUT2D eigenvalue weighted by atomic mass is 10.1. The summed E-state index contributed by atoms with van der Waals surface area (Å²) in [6.45, 7) is 0. The Morgan fingerprint density at radius 2 is 2.14 bits per heavy atom. The van der Waals surface area contributed by atoms with E-state index < -0.39 is 5.82 Å². The summed E-state index contributed by atoms with van der Waals surface area (Å²) < 4.78 is 26.9. The van der Waals surface area contributed by atoms with E-state index >= 15 is 0 Å².